The Kier molecular flexibility index (Phi) is 7.36. The van der Waals surface area contributed by atoms with Crippen LogP contribution in [0.1, 0.15) is 24.8 Å². The molecule has 1 aliphatic heterocycles. The molecule has 2 heterocycles. The topological polar surface area (TPSA) is 70.2 Å². The summed E-state index contributed by atoms with van der Waals surface area (Å²) in [6, 6.07) is 24.9. The standard InChI is InChI=1S/C31H32N4O2/c1-32-25-15-10-23(11-16-25)29-30(24-12-17-26(18-13-24)35-20-6-3-7-21-35)34-31(33-29)27-9-5-4-8-22(27)14-19-28(36)37-2/h4-5,8-19,32H,3,6-7,20-21H2,1-2H3,(H,33,34)/b19-14+. The molecule has 6 nitrogen and oxygen atoms in total. The third kappa shape index (κ3) is 5.43. The summed E-state index contributed by atoms with van der Waals surface area (Å²) in [6.45, 7) is 2.23. The first-order chi connectivity index (χ1) is 18.2. The van der Waals surface area contributed by atoms with Crippen molar-refractivity contribution in [3.05, 3.63) is 84.4 Å². The van der Waals surface area contributed by atoms with E-state index in [1.807, 2.05) is 31.3 Å². The molecular weight excluding hydrogens is 460 g/mol. The Bertz CT molecular complexity index is 1380. The average Bonchev–Trinajstić information content (AvgIpc) is 3.42. The number of benzene rings is 3. The van der Waals surface area contributed by atoms with Crippen molar-refractivity contribution in [1.82, 2.24) is 9.97 Å². The summed E-state index contributed by atoms with van der Waals surface area (Å²) in [6.07, 6.45) is 7.01. The molecule has 0 spiro atoms. The van der Waals surface area contributed by atoms with Gasteiger partial charge in [0.2, 0.25) is 0 Å². The number of aromatic nitrogens is 2. The van der Waals surface area contributed by atoms with E-state index in [0.717, 1.165) is 58.2 Å². The lowest BCUT2D eigenvalue weighted by Crippen LogP contribution is -2.29. The Morgan fingerprint density at radius 1 is 0.946 bits per heavy atom. The van der Waals surface area contributed by atoms with E-state index in [0.29, 0.717) is 0 Å². The number of H-pyrrole nitrogens is 1. The SMILES string of the molecule is CNc1ccc(-c2[nH]c(-c3ccccc3/C=C/C(=O)OC)nc2-c2ccc(N3CCCCC3)cc2)cc1. The zero-order valence-electron chi connectivity index (χ0n) is 21.3. The molecule has 5 rings (SSSR count). The summed E-state index contributed by atoms with van der Waals surface area (Å²) in [5, 5.41) is 3.18. The van der Waals surface area contributed by atoms with Gasteiger partial charge in [-0.1, -0.05) is 48.5 Å². The average molecular weight is 493 g/mol. The van der Waals surface area contributed by atoms with Gasteiger partial charge in [0, 0.05) is 54.3 Å². The van der Waals surface area contributed by atoms with Crippen molar-refractivity contribution in [2.75, 3.05) is 37.5 Å². The number of nitrogens with one attached hydrogen (secondary N) is 2. The Hall–Kier alpha value is -4.32. The fourth-order valence-corrected chi connectivity index (χ4v) is 4.79. The molecule has 6 heteroatoms. The Morgan fingerprint density at radius 3 is 2.35 bits per heavy atom. The van der Waals surface area contributed by atoms with Crippen LogP contribution in [0.2, 0.25) is 0 Å². The predicted octanol–water partition coefficient (Wildman–Crippen LogP) is 6.63. The maximum Gasteiger partial charge on any atom is 0.330 e. The molecule has 1 aromatic heterocycles. The van der Waals surface area contributed by atoms with Crippen molar-refractivity contribution >= 4 is 23.4 Å². The third-order valence-electron chi connectivity index (χ3n) is 6.84. The van der Waals surface area contributed by atoms with E-state index >= 15 is 0 Å². The van der Waals surface area contributed by atoms with Crippen molar-refractivity contribution in [2.45, 2.75) is 19.3 Å². The number of nitrogens with zero attached hydrogens (tertiary/aromatic N) is 2. The molecule has 188 valence electrons. The molecule has 0 atom stereocenters. The molecule has 0 aliphatic carbocycles. The number of hydrogen-bond acceptors (Lipinski definition) is 5. The van der Waals surface area contributed by atoms with Crippen molar-refractivity contribution in [1.29, 1.82) is 0 Å². The van der Waals surface area contributed by atoms with Gasteiger partial charge in [0.05, 0.1) is 18.5 Å². The molecular formula is C31H32N4O2. The van der Waals surface area contributed by atoms with E-state index in [2.05, 4.69) is 63.7 Å². The molecule has 0 saturated carbocycles. The van der Waals surface area contributed by atoms with E-state index in [-0.39, 0.29) is 0 Å². The van der Waals surface area contributed by atoms with Crippen molar-refractivity contribution < 1.29 is 9.53 Å². The van der Waals surface area contributed by atoms with Crippen molar-refractivity contribution in [3.8, 4) is 33.9 Å². The second kappa shape index (κ2) is 11.2. The molecule has 0 bridgehead atoms. The van der Waals surface area contributed by atoms with E-state index in [9.17, 15) is 4.79 Å². The quantitative estimate of drug-likeness (QED) is 0.224. The molecule has 1 fully saturated rings. The largest absolute Gasteiger partial charge is 0.466 e. The number of hydrogen-bond donors (Lipinski definition) is 2. The highest BCUT2D eigenvalue weighted by Gasteiger charge is 2.18. The number of piperidine rings is 1. The van der Waals surface area contributed by atoms with Crippen molar-refractivity contribution in [2.24, 2.45) is 0 Å². The van der Waals surface area contributed by atoms with Gasteiger partial charge in [0.15, 0.2) is 0 Å². The van der Waals surface area contributed by atoms with E-state index in [4.69, 9.17) is 9.72 Å². The summed E-state index contributed by atoms with van der Waals surface area (Å²) in [4.78, 5) is 22.8. The van der Waals surface area contributed by atoms with Crippen LogP contribution in [0.5, 0.6) is 0 Å². The fraction of sp³-hybridized carbons (Fsp3) is 0.226. The third-order valence-corrected chi connectivity index (χ3v) is 6.84. The highest BCUT2D eigenvalue weighted by Crippen LogP contribution is 2.35. The lowest BCUT2D eigenvalue weighted by atomic mass is 10.0. The van der Waals surface area contributed by atoms with Gasteiger partial charge in [-0.05, 0) is 55.2 Å². The van der Waals surface area contributed by atoms with Crippen LogP contribution in [0.3, 0.4) is 0 Å². The normalized spacial score (nSPS) is 13.6. The van der Waals surface area contributed by atoms with Gasteiger partial charge in [-0.25, -0.2) is 9.78 Å². The highest BCUT2D eigenvalue weighted by molar-refractivity contribution is 5.89. The number of carbonyl (C=O) groups is 1. The number of imidazole rings is 1. The van der Waals surface area contributed by atoms with Gasteiger partial charge in [-0.2, -0.15) is 0 Å². The summed E-state index contributed by atoms with van der Waals surface area (Å²) >= 11 is 0. The van der Waals surface area contributed by atoms with Crippen molar-refractivity contribution in [3.63, 3.8) is 0 Å². The number of anilines is 2. The highest BCUT2D eigenvalue weighted by atomic mass is 16.5. The molecule has 0 amide bonds. The Balaban J connectivity index is 1.57. The molecule has 3 aromatic carbocycles. The van der Waals surface area contributed by atoms with E-state index in [1.54, 1.807) is 6.08 Å². The van der Waals surface area contributed by atoms with Gasteiger partial charge >= 0.3 is 5.97 Å². The Morgan fingerprint density at radius 2 is 1.65 bits per heavy atom. The number of carbonyl (C=O) groups excluding carboxylic acids is 1. The van der Waals surface area contributed by atoms with Crippen LogP contribution in [0, 0.1) is 0 Å². The zero-order valence-corrected chi connectivity index (χ0v) is 21.3. The number of rotatable bonds is 7. The van der Waals surface area contributed by atoms with Crippen LogP contribution in [0.15, 0.2) is 78.9 Å². The fourth-order valence-electron chi connectivity index (χ4n) is 4.79. The van der Waals surface area contributed by atoms with Crippen LogP contribution < -0.4 is 10.2 Å². The van der Waals surface area contributed by atoms with Gasteiger partial charge < -0.3 is 19.9 Å². The minimum Gasteiger partial charge on any atom is -0.466 e. The van der Waals surface area contributed by atoms with Crippen LogP contribution in [0.4, 0.5) is 11.4 Å². The first kappa shape index (κ1) is 24.4. The Labute approximate surface area is 218 Å². The molecule has 4 aromatic rings. The summed E-state index contributed by atoms with van der Waals surface area (Å²) in [5.41, 5.74) is 8.05. The summed E-state index contributed by atoms with van der Waals surface area (Å²) in [5.74, 6) is 0.349. The van der Waals surface area contributed by atoms with Crippen LogP contribution >= 0.6 is 0 Å². The van der Waals surface area contributed by atoms with Crippen LogP contribution in [-0.2, 0) is 9.53 Å². The number of methoxy groups -OCH3 is 1. The molecule has 0 unspecified atom stereocenters. The smallest absolute Gasteiger partial charge is 0.330 e. The van der Waals surface area contributed by atoms with E-state index in [1.165, 1.54) is 38.1 Å². The molecule has 1 saturated heterocycles. The number of ether oxygens (including phenoxy) is 1. The van der Waals surface area contributed by atoms with Crippen LogP contribution in [0.25, 0.3) is 40.0 Å². The molecule has 2 N–H and O–H groups in total. The lowest BCUT2D eigenvalue weighted by Gasteiger charge is -2.28. The first-order valence-electron chi connectivity index (χ1n) is 12.8. The monoisotopic (exact) mass is 492 g/mol. The van der Waals surface area contributed by atoms with Gasteiger partial charge in [0.1, 0.15) is 5.82 Å². The number of esters is 1. The predicted molar refractivity (Wildman–Crippen MR) is 152 cm³/mol. The lowest BCUT2D eigenvalue weighted by molar-refractivity contribution is -0.134. The van der Waals surface area contributed by atoms with Gasteiger partial charge in [-0.3, -0.25) is 0 Å². The second-order valence-corrected chi connectivity index (χ2v) is 9.17. The zero-order chi connectivity index (χ0) is 25.6. The number of aromatic amines is 1. The van der Waals surface area contributed by atoms with E-state index < -0.39 is 5.97 Å². The first-order valence-corrected chi connectivity index (χ1v) is 12.8. The van der Waals surface area contributed by atoms with Gasteiger partial charge in [-0.15, -0.1) is 0 Å². The summed E-state index contributed by atoms with van der Waals surface area (Å²) in [7, 11) is 3.29. The minimum absolute atomic E-state index is 0.394. The maximum absolute atomic E-state index is 11.7. The molecule has 0 radical (unpaired) electrons. The van der Waals surface area contributed by atoms with Gasteiger partial charge in [0.25, 0.3) is 0 Å². The second-order valence-electron chi connectivity index (χ2n) is 9.17. The maximum atomic E-state index is 11.7. The molecule has 1 aliphatic rings. The van der Waals surface area contributed by atoms with Crippen LogP contribution in [-0.4, -0.2) is 43.2 Å². The minimum atomic E-state index is -0.394. The summed E-state index contributed by atoms with van der Waals surface area (Å²) < 4.78 is 4.77. The molecule has 37 heavy (non-hydrogen) atoms.